The van der Waals surface area contributed by atoms with Gasteiger partial charge in [0.1, 0.15) is 23.4 Å². The van der Waals surface area contributed by atoms with E-state index in [1.165, 1.54) is 12.1 Å². The van der Waals surface area contributed by atoms with E-state index in [2.05, 4.69) is 20.9 Å². The van der Waals surface area contributed by atoms with E-state index in [0.717, 1.165) is 35.7 Å². The minimum atomic E-state index is -2.08. The summed E-state index contributed by atoms with van der Waals surface area (Å²) in [6.45, 7) is 7.57. The fraction of sp³-hybridized carbons (Fsp3) is 0.424. The molecule has 13 heteroatoms. The molecule has 0 bridgehead atoms. The van der Waals surface area contributed by atoms with Crippen molar-refractivity contribution in [3.05, 3.63) is 65.9 Å². The summed E-state index contributed by atoms with van der Waals surface area (Å²) < 4.78 is 10.5. The van der Waals surface area contributed by atoms with Crippen LogP contribution < -0.4 is 20.7 Å². The molecule has 3 aromatic rings. The van der Waals surface area contributed by atoms with Crippen LogP contribution in [0.2, 0.25) is 0 Å². The van der Waals surface area contributed by atoms with E-state index < -0.39 is 53.6 Å². The van der Waals surface area contributed by atoms with Crippen LogP contribution in [0.15, 0.2) is 54.7 Å². The highest BCUT2D eigenvalue weighted by Crippen LogP contribution is 2.20. The van der Waals surface area contributed by atoms with Gasteiger partial charge in [0, 0.05) is 36.5 Å². The Morgan fingerprint density at radius 1 is 0.848 bits per heavy atom. The van der Waals surface area contributed by atoms with Gasteiger partial charge in [0.05, 0.1) is 0 Å². The topological polar surface area (TPSA) is 196 Å². The second-order valence-corrected chi connectivity index (χ2v) is 11.8. The monoisotopic (exact) mass is 638 g/mol. The number of amides is 3. The van der Waals surface area contributed by atoms with Crippen molar-refractivity contribution < 1.29 is 43.7 Å². The predicted molar refractivity (Wildman–Crippen MR) is 169 cm³/mol. The molecule has 1 aromatic heterocycles. The maximum atomic E-state index is 13.8. The van der Waals surface area contributed by atoms with Crippen LogP contribution in [0.1, 0.15) is 58.1 Å². The van der Waals surface area contributed by atoms with Crippen LogP contribution in [0, 0.1) is 0 Å². The lowest BCUT2D eigenvalue weighted by Gasteiger charge is -2.25. The standard InChI is InChI=1S/C33H42N4O9/c1-5-6-9-16-34-28(38)25(17-20-12-14-22(15-13-20)45-27(30(40)41)31(42)43)36-29(39)26(37-32(44)46-33(2,3)4)18-21-19-35-24-11-8-7-10-23(21)24/h7-8,10-15,19,25-27,35H,5-6,9,16-18H2,1-4H3,(H,34,38)(H,36,39)(H,37,44)(H,40,41)(H,42,43)/t25?,26-/m0/s1. The predicted octanol–water partition coefficient (Wildman–Crippen LogP) is 3.55. The Morgan fingerprint density at radius 3 is 2.13 bits per heavy atom. The Morgan fingerprint density at radius 2 is 1.50 bits per heavy atom. The molecule has 0 aliphatic carbocycles. The van der Waals surface area contributed by atoms with E-state index in [4.69, 9.17) is 19.7 Å². The van der Waals surface area contributed by atoms with Crippen LogP contribution in [-0.4, -0.2) is 75.4 Å². The van der Waals surface area contributed by atoms with E-state index in [9.17, 15) is 24.0 Å². The number of aliphatic carboxylic acids is 2. The number of H-pyrrole nitrogens is 1. The number of para-hydroxylation sites is 1. The molecule has 0 aliphatic rings. The van der Waals surface area contributed by atoms with E-state index in [-0.39, 0.29) is 18.6 Å². The first-order chi connectivity index (χ1) is 21.8. The van der Waals surface area contributed by atoms with E-state index in [1.807, 2.05) is 31.2 Å². The molecule has 13 nitrogen and oxygen atoms in total. The van der Waals surface area contributed by atoms with Gasteiger partial charge in [0.2, 0.25) is 11.8 Å². The largest absolute Gasteiger partial charge is 0.478 e. The fourth-order valence-corrected chi connectivity index (χ4v) is 4.65. The highest BCUT2D eigenvalue weighted by molar-refractivity contribution is 5.96. The highest BCUT2D eigenvalue weighted by Gasteiger charge is 2.30. The number of aromatic amines is 1. The van der Waals surface area contributed by atoms with E-state index in [1.54, 1.807) is 39.1 Å². The maximum absolute atomic E-state index is 13.8. The summed E-state index contributed by atoms with van der Waals surface area (Å²) in [4.78, 5) is 65.5. The summed E-state index contributed by atoms with van der Waals surface area (Å²) in [7, 11) is 0. The first kappa shape index (κ1) is 35.4. The van der Waals surface area contributed by atoms with Crippen LogP contribution >= 0.6 is 0 Å². The number of carboxylic acids is 2. The summed E-state index contributed by atoms with van der Waals surface area (Å²) in [6.07, 6.45) is 1.68. The average Bonchev–Trinajstić information content (AvgIpc) is 3.39. The summed E-state index contributed by atoms with van der Waals surface area (Å²) in [5.41, 5.74) is 1.42. The van der Waals surface area contributed by atoms with Gasteiger partial charge in [-0.15, -0.1) is 0 Å². The number of fused-ring (bicyclic) bond motifs is 1. The normalized spacial score (nSPS) is 12.6. The molecule has 3 rings (SSSR count). The SMILES string of the molecule is CCCCCNC(=O)C(Cc1ccc(OC(C(=O)O)C(=O)O)cc1)NC(=O)[C@H](Cc1c[nH]c2ccccc12)NC(=O)OC(C)(C)C. The van der Waals surface area contributed by atoms with E-state index in [0.29, 0.717) is 12.1 Å². The summed E-state index contributed by atoms with van der Waals surface area (Å²) in [5.74, 6) is -4.33. The van der Waals surface area contributed by atoms with Crippen molar-refractivity contribution in [1.29, 1.82) is 0 Å². The zero-order valence-corrected chi connectivity index (χ0v) is 26.4. The molecule has 0 saturated carbocycles. The number of aromatic nitrogens is 1. The number of carboxylic acid groups (broad SMARTS) is 2. The molecule has 0 fully saturated rings. The van der Waals surface area contributed by atoms with Crippen molar-refractivity contribution in [3.63, 3.8) is 0 Å². The van der Waals surface area contributed by atoms with Gasteiger partial charge >= 0.3 is 18.0 Å². The number of nitrogens with one attached hydrogen (secondary N) is 4. The van der Waals surface area contributed by atoms with Gasteiger partial charge in [-0.1, -0.05) is 50.1 Å². The first-order valence-corrected chi connectivity index (χ1v) is 15.1. The van der Waals surface area contributed by atoms with Crippen molar-refractivity contribution in [2.75, 3.05) is 6.54 Å². The van der Waals surface area contributed by atoms with Gasteiger partial charge in [0.25, 0.3) is 6.10 Å². The minimum Gasteiger partial charge on any atom is -0.478 e. The number of alkyl carbamates (subject to hydrolysis) is 1. The fourth-order valence-electron chi connectivity index (χ4n) is 4.65. The lowest BCUT2D eigenvalue weighted by molar-refractivity contribution is -0.159. The third kappa shape index (κ3) is 10.8. The number of hydrogen-bond donors (Lipinski definition) is 6. The lowest BCUT2D eigenvalue weighted by atomic mass is 10.0. The molecule has 0 aliphatic heterocycles. The maximum Gasteiger partial charge on any atom is 0.408 e. The van der Waals surface area contributed by atoms with Gasteiger partial charge in [0.15, 0.2) is 0 Å². The molecule has 1 unspecified atom stereocenters. The van der Waals surface area contributed by atoms with E-state index >= 15 is 0 Å². The van der Waals surface area contributed by atoms with Crippen molar-refractivity contribution in [3.8, 4) is 5.75 Å². The Labute approximate surface area is 267 Å². The number of rotatable bonds is 16. The summed E-state index contributed by atoms with van der Waals surface area (Å²) in [5, 5.41) is 27.4. The molecule has 46 heavy (non-hydrogen) atoms. The molecule has 0 spiro atoms. The van der Waals surface area contributed by atoms with Crippen LogP contribution in [0.5, 0.6) is 5.75 Å². The van der Waals surface area contributed by atoms with Crippen molar-refractivity contribution in [1.82, 2.24) is 20.9 Å². The molecular formula is C33H42N4O9. The average molecular weight is 639 g/mol. The number of hydrogen-bond acceptors (Lipinski definition) is 7. The van der Waals surface area contributed by atoms with Gasteiger partial charge in [-0.3, -0.25) is 9.59 Å². The van der Waals surface area contributed by atoms with Gasteiger partial charge in [-0.2, -0.15) is 0 Å². The number of carbonyl (C=O) groups is 5. The van der Waals surface area contributed by atoms with Crippen molar-refractivity contribution >= 4 is 40.7 Å². The second-order valence-electron chi connectivity index (χ2n) is 11.8. The smallest absolute Gasteiger partial charge is 0.408 e. The quantitative estimate of drug-likeness (QED) is 0.100. The van der Waals surface area contributed by atoms with Gasteiger partial charge < -0.3 is 40.6 Å². The lowest BCUT2D eigenvalue weighted by Crippen LogP contribution is -2.55. The summed E-state index contributed by atoms with van der Waals surface area (Å²) >= 11 is 0. The molecule has 6 N–H and O–H groups in total. The Balaban J connectivity index is 1.84. The number of unbranched alkanes of at least 4 members (excludes halogenated alkanes) is 2. The van der Waals surface area contributed by atoms with Crippen LogP contribution in [0.3, 0.4) is 0 Å². The zero-order chi connectivity index (χ0) is 33.9. The minimum absolute atomic E-state index is 0.00325. The van der Waals surface area contributed by atoms with Crippen molar-refractivity contribution in [2.45, 2.75) is 83.6 Å². The number of benzene rings is 2. The third-order valence-electron chi connectivity index (χ3n) is 6.88. The molecule has 248 valence electrons. The number of ether oxygens (including phenoxy) is 2. The third-order valence-corrected chi connectivity index (χ3v) is 6.88. The van der Waals surface area contributed by atoms with Gasteiger partial charge in [-0.05, 0) is 56.5 Å². The van der Waals surface area contributed by atoms with Crippen molar-refractivity contribution in [2.24, 2.45) is 0 Å². The van der Waals surface area contributed by atoms with Crippen LogP contribution in [-0.2, 0) is 36.8 Å². The molecule has 2 aromatic carbocycles. The number of carbonyl (C=O) groups excluding carboxylic acids is 3. The molecule has 0 radical (unpaired) electrons. The Kier molecular flexibility index (Phi) is 12.5. The first-order valence-electron chi connectivity index (χ1n) is 15.1. The Bertz CT molecular complexity index is 1500. The molecule has 2 atom stereocenters. The molecule has 3 amide bonds. The molecule has 0 saturated heterocycles. The molecular weight excluding hydrogens is 596 g/mol. The van der Waals surface area contributed by atoms with Crippen LogP contribution in [0.25, 0.3) is 10.9 Å². The van der Waals surface area contributed by atoms with Gasteiger partial charge in [-0.25, -0.2) is 14.4 Å². The summed E-state index contributed by atoms with van der Waals surface area (Å²) in [6, 6.07) is 11.3. The highest BCUT2D eigenvalue weighted by atomic mass is 16.6. The molecule has 1 heterocycles. The zero-order valence-electron chi connectivity index (χ0n) is 26.4. The Hall–Kier alpha value is -5.07. The van der Waals surface area contributed by atoms with Crippen LogP contribution in [0.4, 0.5) is 4.79 Å². The second kappa shape index (κ2) is 16.3.